The first-order valence-electron chi connectivity index (χ1n) is 11.1. The number of hydrogen-bond donors (Lipinski definition) is 1. The lowest BCUT2D eigenvalue weighted by molar-refractivity contribution is 0.0951. The van der Waals surface area contributed by atoms with E-state index < -0.39 is 0 Å². The van der Waals surface area contributed by atoms with E-state index >= 15 is 0 Å². The van der Waals surface area contributed by atoms with Crippen molar-refractivity contribution in [1.29, 1.82) is 0 Å². The molecule has 4 nitrogen and oxygen atoms in total. The molecule has 1 aliphatic rings. The molecule has 32 heavy (non-hydrogen) atoms. The highest BCUT2D eigenvalue weighted by atomic mass is 19.1. The summed E-state index contributed by atoms with van der Waals surface area (Å²) < 4.78 is 13.0. The van der Waals surface area contributed by atoms with E-state index in [2.05, 4.69) is 47.2 Å². The summed E-state index contributed by atoms with van der Waals surface area (Å²) in [7, 11) is 0. The molecule has 0 aliphatic carbocycles. The van der Waals surface area contributed by atoms with Crippen LogP contribution in [0.4, 0.5) is 10.1 Å². The lowest BCUT2D eigenvalue weighted by Gasteiger charge is -2.36. The number of rotatable bonds is 6. The second-order valence-electron chi connectivity index (χ2n) is 8.54. The standard InChI is InChI=1S/C27H30FN3O/c1-20-3-12-26(17-21(20)2)31-15-13-30(14-16-31)19-23-4-8-24(9-5-23)27(32)29-18-22-6-10-25(28)11-7-22/h3-12,17H,13-16,18-19H2,1-2H3,(H,29,32). The normalized spacial score (nSPS) is 14.4. The van der Waals surface area contributed by atoms with Gasteiger partial charge in [0, 0.05) is 50.5 Å². The van der Waals surface area contributed by atoms with Crippen LogP contribution in [0, 0.1) is 19.7 Å². The molecule has 0 unspecified atom stereocenters. The van der Waals surface area contributed by atoms with Crippen LogP contribution in [-0.4, -0.2) is 37.0 Å². The van der Waals surface area contributed by atoms with Crippen molar-refractivity contribution in [1.82, 2.24) is 10.2 Å². The first kappa shape index (κ1) is 22.0. The molecule has 1 N–H and O–H groups in total. The number of benzene rings is 3. The molecule has 0 saturated carbocycles. The van der Waals surface area contributed by atoms with Gasteiger partial charge in [0.15, 0.2) is 0 Å². The summed E-state index contributed by atoms with van der Waals surface area (Å²) in [6, 6.07) is 20.7. The molecule has 0 bridgehead atoms. The van der Waals surface area contributed by atoms with Gasteiger partial charge in [-0.1, -0.05) is 30.3 Å². The van der Waals surface area contributed by atoms with E-state index in [0.717, 1.165) is 38.3 Å². The second kappa shape index (κ2) is 9.96. The molecule has 0 spiro atoms. The Morgan fingerprint density at radius 2 is 1.50 bits per heavy atom. The fourth-order valence-electron chi connectivity index (χ4n) is 3.99. The van der Waals surface area contributed by atoms with Gasteiger partial charge in [0.05, 0.1) is 0 Å². The molecule has 1 heterocycles. The van der Waals surface area contributed by atoms with Gasteiger partial charge in [-0.05, 0) is 72.5 Å². The van der Waals surface area contributed by atoms with Gasteiger partial charge >= 0.3 is 0 Å². The molecule has 3 aromatic carbocycles. The van der Waals surface area contributed by atoms with E-state index in [9.17, 15) is 9.18 Å². The number of carbonyl (C=O) groups excluding carboxylic acids is 1. The topological polar surface area (TPSA) is 35.6 Å². The van der Waals surface area contributed by atoms with E-state index in [-0.39, 0.29) is 11.7 Å². The van der Waals surface area contributed by atoms with Crippen LogP contribution < -0.4 is 10.2 Å². The maximum Gasteiger partial charge on any atom is 0.251 e. The number of nitrogens with one attached hydrogen (secondary N) is 1. The average Bonchev–Trinajstić information content (AvgIpc) is 2.81. The van der Waals surface area contributed by atoms with Crippen LogP contribution in [0.3, 0.4) is 0 Å². The zero-order chi connectivity index (χ0) is 22.5. The number of amides is 1. The van der Waals surface area contributed by atoms with Crippen LogP contribution in [0.25, 0.3) is 0 Å². The van der Waals surface area contributed by atoms with Crippen LogP contribution >= 0.6 is 0 Å². The molecule has 0 radical (unpaired) electrons. The van der Waals surface area contributed by atoms with Gasteiger partial charge in [0.25, 0.3) is 5.91 Å². The summed E-state index contributed by atoms with van der Waals surface area (Å²) in [5.41, 5.74) is 6.70. The first-order valence-corrected chi connectivity index (χ1v) is 11.1. The number of carbonyl (C=O) groups is 1. The third-order valence-electron chi connectivity index (χ3n) is 6.22. The molecule has 5 heteroatoms. The van der Waals surface area contributed by atoms with Gasteiger partial charge in [-0.15, -0.1) is 0 Å². The smallest absolute Gasteiger partial charge is 0.251 e. The van der Waals surface area contributed by atoms with Crippen molar-refractivity contribution in [2.75, 3.05) is 31.1 Å². The highest BCUT2D eigenvalue weighted by Crippen LogP contribution is 2.21. The Morgan fingerprint density at radius 3 is 2.16 bits per heavy atom. The van der Waals surface area contributed by atoms with Crippen molar-refractivity contribution in [2.24, 2.45) is 0 Å². The maximum atomic E-state index is 13.0. The minimum Gasteiger partial charge on any atom is -0.369 e. The molecular weight excluding hydrogens is 401 g/mol. The molecule has 166 valence electrons. The summed E-state index contributed by atoms with van der Waals surface area (Å²) in [5, 5.41) is 2.89. The summed E-state index contributed by atoms with van der Waals surface area (Å²) >= 11 is 0. The van der Waals surface area contributed by atoms with Crippen molar-refractivity contribution in [2.45, 2.75) is 26.9 Å². The highest BCUT2D eigenvalue weighted by Gasteiger charge is 2.18. The number of halogens is 1. The Morgan fingerprint density at radius 1 is 0.844 bits per heavy atom. The maximum absolute atomic E-state index is 13.0. The SMILES string of the molecule is Cc1ccc(N2CCN(Cc3ccc(C(=O)NCc4ccc(F)cc4)cc3)CC2)cc1C. The van der Waals surface area contributed by atoms with Gasteiger partial charge < -0.3 is 10.2 Å². The van der Waals surface area contributed by atoms with Gasteiger partial charge in [-0.3, -0.25) is 9.69 Å². The van der Waals surface area contributed by atoms with Crippen LogP contribution in [0.2, 0.25) is 0 Å². The highest BCUT2D eigenvalue weighted by molar-refractivity contribution is 5.94. The van der Waals surface area contributed by atoms with Crippen molar-refractivity contribution in [3.63, 3.8) is 0 Å². The van der Waals surface area contributed by atoms with Crippen LogP contribution in [0.5, 0.6) is 0 Å². The summed E-state index contributed by atoms with van der Waals surface area (Å²) in [4.78, 5) is 17.3. The molecule has 1 fully saturated rings. The number of hydrogen-bond acceptors (Lipinski definition) is 3. The molecule has 0 atom stereocenters. The van der Waals surface area contributed by atoms with Crippen molar-refractivity contribution < 1.29 is 9.18 Å². The Labute approximate surface area is 189 Å². The zero-order valence-electron chi connectivity index (χ0n) is 18.8. The van der Waals surface area contributed by atoms with Crippen LogP contribution in [0.1, 0.15) is 32.6 Å². The predicted molar refractivity (Wildman–Crippen MR) is 127 cm³/mol. The second-order valence-corrected chi connectivity index (χ2v) is 8.54. The molecule has 1 saturated heterocycles. The largest absolute Gasteiger partial charge is 0.369 e. The van der Waals surface area contributed by atoms with E-state index in [1.54, 1.807) is 12.1 Å². The Balaban J connectivity index is 1.26. The lowest BCUT2D eigenvalue weighted by Crippen LogP contribution is -2.46. The quantitative estimate of drug-likeness (QED) is 0.615. The van der Waals surface area contributed by atoms with Crippen molar-refractivity contribution in [3.8, 4) is 0 Å². The molecule has 0 aromatic heterocycles. The van der Waals surface area contributed by atoms with E-state index in [4.69, 9.17) is 0 Å². The fourth-order valence-corrected chi connectivity index (χ4v) is 3.99. The molecule has 3 aromatic rings. The zero-order valence-corrected chi connectivity index (χ0v) is 18.8. The number of piperazine rings is 1. The Bertz CT molecular complexity index is 1060. The fraction of sp³-hybridized carbons (Fsp3) is 0.296. The Kier molecular flexibility index (Phi) is 6.86. The number of aryl methyl sites for hydroxylation is 2. The summed E-state index contributed by atoms with van der Waals surface area (Å²) in [5.74, 6) is -0.398. The average molecular weight is 432 g/mol. The van der Waals surface area contributed by atoms with Crippen molar-refractivity contribution >= 4 is 11.6 Å². The van der Waals surface area contributed by atoms with Crippen molar-refractivity contribution in [3.05, 3.63) is 100 Å². The van der Waals surface area contributed by atoms with E-state index in [1.165, 1.54) is 34.5 Å². The number of anilines is 1. The Hall–Kier alpha value is -3.18. The summed E-state index contributed by atoms with van der Waals surface area (Å²) in [6.45, 7) is 9.67. The number of nitrogens with zero attached hydrogens (tertiary/aromatic N) is 2. The summed E-state index contributed by atoms with van der Waals surface area (Å²) in [6.07, 6.45) is 0. The van der Waals surface area contributed by atoms with Crippen LogP contribution in [0.15, 0.2) is 66.7 Å². The monoisotopic (exact) mass is 431 g/mol. The van der Waals surface area contributed by atoms with Crippen LogP contribution in [-0.2, 0) is 13.1 Å². The molecule has 4 rings (SSSR count). The van der Waals surface area contributed by atoms with Gasteiger partial charge in [-0.25, -0.2) is 4.39 Å². The third kappa shape index (κ3) is 5.54. The minimum absolute atomic E-state index is 0.122. The molecule has 1 amide bonds. The minimum atomic E-state index is -0.276. The first-order chi connectivity index (χ1) is 15.5. The van der Waals surface area contributed by atoms with Gasteiger partial charge in [-0.2, -0.15) is 0 Å². The van der Waals surface area contributed by atoms with Gasteiger partial charge in [0.2, 0.25) is 0 Å². The molecular formula is C27H30FN3O. The lowest BCUT2D eigenvalue weighted by atomic mass is 10.1. The van der Waals surface area contributed by atoms with E-state index in [1.807, 2.05) is 24.3 Å². The predicted octanol–water partition coefficient (Wildman–Crippen LogP) is 4.69. The van der Waals surface area contributed by atoms with Gasteiger partial charge in [0.1, 0.15) is 5.82 Å². The third-order valence-corrected chi connectivity index (χ3v) is 6.22. The van der Waals surface area contributed by atoms with E-state index in [0.29, 0.717) is 12.1 Å². The molecule has 1 aliphatic heterocycles.